The van der Waals surface area contributed by atoms with E-state index in [4.69, 9.17) is 14.2 Å². The van der Waals surface area contributed by atoms with E-state index in [2.05, 4.69) is 24.1 Å². The normalized spacial score (nSPS) is 35.2. The van der Waals surface area contributed by atoms with Crippen molar-refractivity contribution in [2.45, 2.75) is 50.4 Å². The van der Waals surface area contributed by atoms with Crippen LogP contribution in [-0.4, -0.2) is 48.7 Å². The van der Waals surface area contributed by atoms with E-state index in [-0.39, 0.29) is 29.4 Å². The minimum absolute atomic E-state index is 0.245. The van der Waals surface area contributed by atoms with Gasteiger partial charge in [-0.25, -0.2) is 0 Å². The summed E-state index contributed by atoms with van der Waals surface area (Å²) >= 11 is 0. The summed E-state index contributed by atoms with van der Waals surface area (Å²) in [4.78, 5) is 25.7. The second-order valence-corrected chi connectivity index (χ2v) is 8.09. The third-order valence-electron chi connectivity index (χ3n) is 6.67. The zero-order valence-corrected chi connectivity index (χ0v) is 15.7. The monoisotopic (exact) mass is 375 g/mol. The van der Waals surface area contributed by atoms with Gasteiger partial charge < -0.3 is 19.1 Å². The van der Waals surface area contributed by atoms with Crippen LogP contribution in [0.15, 0.2) is 24.3 Å². The number of nitrogens with zero attached hydrogens (tertiary/aromatic N) is 1. The molecule has 2 heterocycles. The maximum Gasteiger partial charge on any atom is 0.308 e. The van der Waals surface area contributed by atoms with Crippen LogP contribution in [0.5, 0.6) is 11.5 Å². The SMILES string of the molecule is CC(=O)O[C@H]1C=C[C@H]2[C@H]3Cc4[13cH][13cH][13c](O[13C]([13CH3])=O)[13c]5c4[C@@]2(CCN3C)[C@H]1O5. The molecule has 0 aromatic heterocycles. The van der Waals surface area contributed by atoms with E-state index >= 15 is 0 Å². The maximum absolute atomic E-state index is 11.7. The number of carbonyl (C=O) groups is 2. The standard InChI is InChI=1S/C21H23NO5/c1-11(23)25-16-6-4-13-10-15-14-5-7-17(26-12(2)24)20-21(14,8-9-22(15)3)18(13)19(16)27-20/h4-7,14-15,17,20H,8-10H2,1-3H3/t14-,15+,17-,20-,21-/m0/s1/i1+1,4+1,6+1,11+1,16+1,19+1. The second kappa shape index (κ2) is 5.58. The van der Waals surface area contributed by atoms with Gasteiger partial charge in [0.25, 0.3) is 0 Å². The largest absolute Gasteiger partial charge is 0.481 e. The summed E-state index contributed by atoms with van der Waals surface area (Å²) in [6.07, 6.45) is 5.31. The molecule has 0 saturated carbocycles. The lowest BCUT2D eigenvalue weighted by Crippen LogP contribution is -2.65. The van der Waals surface area contributed by atoms with E-state index in [1.807, 2.05) is 12.1 Å². The first-order chi connectivity index (χ1) is 12.9. The highest BCUT2D eigenvalue weighted by Gasteiger charge is 2.65. The summed E-state index contributed by atoms with van der Waals surface area (Å²) in [5, 5.41) is 0. The van der Waals surface area contributed by atoms with Gasteiger partial charge in [0.05, 0.1) is 0 Å². The molecule has 5 rings (SSSR count). The van der Waals surface area contributed by atoms with Crippen LogP contribution in [0.2, 0.25) is 0 Å². The van der Waals surface area contributed by atoms with Gasteiger partial charge in [0.1, 0.15) is 6.10 Å². The van der Waals surface area contributed by atoms with E-state index in [9.17, 15) is 9.59 Å². The lowest BCUT2D eigenvalue weighted by molar-refractivity contribution is -0.152. The Morgan fingerprint density at radius 2 is 2.04 bits per heavy atom. The van der Waals surface area contributed by atoms with Crippen molar-refractivity contribution in [1.29, 1.82) is 0 Å². The molecule has 27 heavy (non-hydrogen) atoms. The molecule has 6 heteroatoms. The summed E-state index contributed by atoms with van der Waals surface area (Å²) < 4.78 is 17.5. The summed E-state index contributed by atoms with van der Waals surface area (Å²) in [5.74, 6) is 0.712. The van der Waals surface area contributed by atoms with E-state index < -0.39 is 6.10 Å². The fourth-order valence-corrected chi connectivity index (χ4v) is 5.74. The highest BCUT2D eigenvalue weighted by Crippen LogP contribution is 2.62. The Labute approximate surface area is 158 Å². The van der Waals surface area contributed by atoms with Crippen molar-refractivity contribution in [2.24, 2.45) is 5.92 Å². The number of likely N-dealkylation sites (tertiary alicyclic amines) is 1. The number of hydrogen-bond donors (Lipinski definition) is 0. The third-order valence-corrected chi connectivity index (χ3v) is 6.67. The van der Waals surface area contributed by atoms with Gasteiger partial charge in [-0.05, 0) is 44.1 Å². The number of rotatable bonds is 2. The Morgan fingerprint density at radius 3 is 2.78 bits per heavy atom. The molecule has 2 aliphatic carbocycles. The molecular weight excluding hydrogens is 352 g/mol. The van der Waals surface area contributed by atoms with Gasteiger partial charge in [-0.1, -0.05) is 12.1 Å². The van der Waals surface area contributed by atoms with E-state index in [1.54, 1.807) is 0 Å². The number of hydrogen-bond acceptors (Lipinski definition) is 6. The molecular formula is C21H23NO5. The fourth-order valence-electron chi connectivity index (χ4n) is 5.74. The van der Waals surface area contributed by atoms with Crippen LogP contribution in [0.1, 0.15) is 31.4 Å². The average molecular weight is 375 g/mol. The molecule has 1 spiro atoms. The predicted octanol–water partition coefficient (Wildman–Crippen LogP) is 1.99. The Balaban J connectivity index is 1.71. The molecule has 2 bridgehead atoms. The van der Waals surface area contributed by atoms with Gasteiger partial charge in [0.15, 0.2) is 17.6 Å². The molecule has 1 fully saturated rings. The van der Waals surface area contributed by atoms with Crippen molar-refractivity contribution in [3.05, 3.63) is 35.4 Å². The molecule has 0 unspecified atom stereocenters. The quantitative estimate of drug-likeness (QED) is 0.341. The van der Waals surface area contributed by atoms with Crippen LogP contribution in [-0.2, 0) is 26.2 Å². The zero-order chi connectivity index (χ0) is 18.9. The Kier molecular flexibility index (Phi) is 3.47. The van der Waals surface area contributed by atoms with Crippen molar-refractivity contribution >= 4 is 11.9 Å². The average Bonchev–Trinajstić information content (AvgIpc) is 2.95. The van der Waals surface area contributed by atoms with Crippen molar-refractivity contribution in [3.63, 3.8) is 0 Å². The molecule has 0 amide bonds. The molecule has 5 atom stereocenters. The fraction of sp³-hybridized carbons (Fsp3) is 0.524. The van der Waals surface area contributed by atoms with Gasteiger partial charge in [-0.3, -0.25) is 9.59 Å². The smallest absolute Gasteiger partial charge is 0.308 e. The van der Waals surface area contributed by atoms with Crippen LogP contribution in [0.3, 0.4) is 0 Å². The lowest BCUT2D eigenvalue weighted by Gasteiger charge is -2.56. The van der Waals surface area contributed by atoms with Crippen molar-refractivity contribution in [2.75, 3.05) is 13.6 Å². The zero-order valence-electron chi connectivity index (χ0n) is 15.7. The molecule has 1 saturated heterocycles. The van der Waals surface area contributed by atoms with Gasteiger partial charge in [-0.15, -0.1) is 0 Å². The Hall–Kier alpha value is -2.34. The van der Waals surface area contributed by atoms with Crippen LogP contribution >= 0.6 is 0 Å². The Morgan fingerprint density at radius 1 is 1.22 bits per heavy atom. The first-order valence-corrected chi connectivity index (χ1v) is 9.49. The van der Waals surface area contributed by atoms with Gasteiger partial charge in [0.2, 0.25) is 0 Å². The minimum atomic E-state index is -0.439. The van der Waals surface area contributed by atoms with Gasteiger partial charge in [-0.2, -0.15) is 0 Å². The predicted molar refractivity (Wildman–Crippen MR) is 96.8 cm³/mol. The molecule has 1 aromatic carbocycles. The van der Waals surface area contributed by atoms with Crippen LogP contribution < -0.4 is 9.47 Å². The first kappa shape index (κ1) is 16.8. The van der Waals surface area contributed by atoms with E-state index in [0.29, 0.717) is 17.5 Å². The lowest BCUT2D eigenvalue weighted by atomic mass is 9.54. The number of ether oxygens (including phenoxy) is 3. The summed E-state index contributed by atoms with van der Waals surface area (Å²) in [7, 11) is 2.17. The second-order valence-electron chi connectivity index (χ2n) is 8.09. The molecule has 142 valence electrons. The van der Waals surface area contributed by atoms with Gasteiger partial charge in [0, 0.05) is 36.8 Å². The van der Waals surface area contributed by atoms with Crippen molar-refractivity contribution in [1.82, 2.24) is 4.90 Å². The van der Waals surface area contributed by atoms with E-state index in [1.165, 1.54) is 19.4 Å². The molecule has 4 aliphatic rings. The molecule has 1 aromatic rings. The third kappa shape index (κ3) is 2.16. The summed E-state index contributed by atoms with van der Waals surface area (Å²) in [5.41, 5.74) is 2.15. The number of esters is 2. The summed E-state index contributed by atoms with van der Waals surface area (Å²) in [6.45, 7) is 3.77. The highest BCUT2D eigenvalue weighted by atomic mass is 16.7. The summed E-state index contributed by atoms with van der Waals surface area (Å²) in [6, 6.07) is 4.28. The highest BCUT2D eigenvalue weighted by molar-refractivity contribution is 5.73. The molecule has 2 aliphatic heterocycles. The van der Waals surface area contributed by atoms with Crippen LogP contribution in [0.25, 0.3) is 0 Å². The van der Waals surface area contributed by atoms with Gasteiger partial charge >= 0.3 is 11.9 Å². The number of likely N-dealkylation sites (N-methyl/N-ethyl adjacent to an activating group) is 1. The number of benzene rings is 1. The van der Waals surface area contributed by atoms with Crippen LogP contribution in [0, 0.1) is 5.92 Å². The topological polar surface area (TPSA) is 65.1 Å². The van der Waals surface area contributed by atoms with Crippen molar-refractivity contribution in [3.8, 4) is 11.5 Å². The maximum atomic E-state index is 11.7. The van der Waals surface area contributed by atoms with Crippen molar-refractivity contribution < 1.29 is 23.8 Å². The minimum Gasteiger partial charge on any atom is -0.481 e. The molecule has 0 radical (unpaired) electrons. The first-order valence-electron chi connectivity index (χ1n) is 9.49. The molecule has 0 N–H and O–H groups in total. The van der Waals surface area contributed by atoms with Crippen LogP contribution in [0.4, 0.5) is 0 Å². The number of piperidine rings is 1. The van der Waals surface area contributed by atoms with E-state index in [0.717, 1.165) is 24.9 Å². The number of carbonyl (C=O) groups excluding carboxylic acids is 2. The Bertz CT molecular complexity index is 878. The molecule has 6 nitrogen and oxygen atoms in total.